The minimum atomic E-state index is -0.144. The second-order valence-electron chi connectivity index (χ2n) is 6.38. The molecule has 0 saturated heterocycles. The van der Waals surface area contributed by atoms with Gasteiger partial charge in [0.25, 0.3) is 5.91 Å². The SMILES string of the molecule is CCCOc1ccc(CNC(=O)c2cccc(OC(C)CC)c2)cc1OC. The van der Waals surface area contributed by atoms with Crippen LogP contribution in [0.5, 0.6) is 17.2 Å². The van der Waals surface area contributed by atoms with Gasteiger partial charge < -0.3 is 19.5 Å². The molecule has 1 amide bonds. The third-order valence-electron chi connectivity index (χ3n) is 4.15. The van der Waals surface area contributed by atoms with Crippen molar-refractivity contribution in [2.45, 2.75) is 46.3 Å². The van der Waals surface area contributed by atoms with Crippen LogP contribution >= 0.6 is 0 Å². The number of carbonyl (C=O) groups is 1. The maximum Gasteiger partial charge on any atom is 0.251 e. The lowest BCUT2D eigenvalue weighted by molar-refractivity contribution is 0.0950. The molecule has 0 aliphatic rings. The second-order valence-corrected chi connectivity index (χ2v) is 6.38. The number of ether oxygens (including phenoxy) is 3. The van der Waals surface area contributed by atoms with Crippen LogP contribution in [0.2, 0.25) is 0 Å². The average Bonchev–Trinajstić information content (AvgIpc) is 2.70. The van der Waals surface area contributed by atoms with E-state index in [4.69, 9.17) is 14.2 Å². The van der Waals surface area contributed by atoms with E-state index in [-0.39, 0.29) is 12.0 Å². The van der Waals surface area contributed by atoms with Gasteiger partial charge in [-0.3, -0.25) is 4.79 Å². The summed E-state index contributed by atoms with van der Waals surface area (Å²) in [4.78, 5) is 12.5. The number of rotatable bonds is 10. The van der Waals surface area contributed by atoms with Gasteiger partial charge in [0.15, 0.2) is 11.5 Å². The molecule has 27 heavy (non-hydrogen) atoms. The third kappa shape index (κ3) is 6.20. The monoisotopic (exact) mass is 371 g/mol. The molecule has 0 saturated carbocycles. The van der Waals surface area contributed by atoms with Gasteiger partial charge in [-0.2, -0.15) is 0 Å². The zero-order chi connectivity index (χ0) is 19.6. The van der Waals surface area contributed by atoms with Crippen LogP contribution < -0.4 is 19.5 Å². The lowest BCUT2D eigenvalue weighted by atomic mass is 10.1. The third-order valence-corrected chi connectivity index (χ3v) is 4.15. The molecule has 0 aliphatic heterocycles. The second kappa shape index (κ2) is 10.5. The number of carbonyl (C=O) groups excluding carboxylic acids is 1. The number of benzene rings is 2. The maximum atomic E-state index is 12.5. The van der Waals surface area contributed by atoms with E-state index in [0.29, 0.717) is 36.0 Å². The van der Waals surface area contributed by atoms with Crippen LogP contribution in [0.4, 0.5) is 0 Å². The summed E-state index contributed by atoms with van der Waals surface area (Å²) in [6, 6.07) is 12.9. The van der Waals surface area contributed by atoms with E-state index in [1.54, 1.807) is 19.2 Å². The largest absolute Gasteiger partial charge is 0.493 e. The Bertz CT molecular complexity index is 745. The molecule has 0 radical (unpaired) electrons. The summed E-state index contributed by atoms with van der Waals surface area (Å²) in [6.45, 7) is 7.17. The van der Waals surface area contributed by atoms with Crippen molar-refractivity contribution in [3.63, 3.8) is 0 Å². The molecule has 5 heteroatoms. The van der Waals surface area contributed by atoms with E-state index in [1.807, 2.05) is 37.3 Å². The van der Waals surface area contributed by atoms with Crippen LogP contribution in [0.1, 0.15) is 49.5 Å². The molecule has 1 N–H and O–H groups in total. The van der Waals surface area contributed by atoms with Gasteiger partial charge in [0, 0.05) is 12.1 Å². The Balaban J connectivity index is 2.00. The highest BCUT2D eigenvalue weighted by atomic mass is 16.5. The standard InChI is InChI=1S/C22H29NO4/c1-5-12-26-20-11-10-17(13-21(20)25-4)15-23-22(24)18-8-7-9-19(14-18)27-16(3)6-2/h7-11,13-14,16H,5-6,12,15H2,1-4H3,(H,23,24). The predicted octanol–water partition coefficient (Wildman–Crippen LogP) is 4.59. The van der Waals surface area contributed by atoms with Gasteiger partial charge in [-0.15, -0.1) is 0 Å². The first-order valence-corrected chi connectivity index (χ1v) is 9.42. The summed E-state index contributed by atoms with van der Waals surface area (Å²) in [5, 5.41) is 2.93. The van der Waals surface area contributed by atoms with Gasteiger partial charge in [0.1, 0.15) is 5.75 Å². The Morgan fingerprint density at radius 1 is 1.11 bits per heavy atom. The molecule has 0 spiro atoms. The molecule has 0 heterocycles. The molecule has 146 valence electrons. The van der Waals surface area contributed by atoms with Gasteiger partial charge >= 0.3 is 0 Å². The molecule has 0 aromatic heterocycles. The van der Waals surface area contributed by atoms with E-state index >= 15 is 0 Å². The summed E-state index contributed by atoms with van der Waals surface area (Å²) < 4.78 is 16.8. The summed E-state index contributed by atoms with van der Waals surface area (Å²) >= 11 is 0. The number of amides is 1. The van der Waals surface area contributed by atoms with Crippen molar-refractivity contribution in [2.24, 2.45) is 0 Å². The molecule has 0 aliphatic carbocycles. The van der Waals surface area contributed by atoms with Crippen LogP contribution in [0.15, 0.2) is 42.5 Å². The van der Waals surface area contributed by atoms with Crippen LogP contribution in [-0.4, -0.2) is 25.7 Å². The van der Waals surface area contributed by atoms with Crippen molar-refractivity contribution in [3.8, 4) is 17.2 Å². The molecular formula is C22H29NO4. The quantitative estimate of drug-likeness (QED) is 0.664. The molecule has 2 rings (SSSR count). The average molecular weight is 371 g/mol. The number of nitrogens with one attached hydrogen (secondary N) is 1. The molecule has 2 aromatic carbocycles. The van der Waals surface area contributed by atoms with Crippen LogP contribution in [-0.2, 0) is 6.54 Å². The fourth-order valence-corrected chi connectivity index (χ4v) is 2.46. The minimum Gasteiger partial charge on any atom is -0.493 e. The molecule has 0 bridgehead atoms. The Hall–Kier alpha value is -2.69. The Morgan fingerprint density at radius 2 is 1.93 bits per heavy atom. The van der Waals surface area contributed by atoms with Gasteiger partial charge in [-0.05, 0) is 55.7 Å². The Labute approximate surface area is 161 Å². The fourth-order valence-electron chi connectivity index (χ4n) is 2.46. The molecule has 0 fully saturated rings. The van der Waals surface area contributed by atoms with E-state index in [0.717, 1.165) is 18.4 Å². The summed E-state index contributed by atoms with van der Waals surface area (Å²) in [5.41, 5.74) is 1.52. The summed E-state index contributed by atoms with van der Waals surface area (Å²) in [7, 11) is 1.61. The lowest BCUT2D eigenvalue weighted by Crippen LogP contribution is -2.23. The molecular weight excluding hydrogens is 342 g/mol. The predicted molar refractivity (Wildman–Crippen MR) is 107 cm³/mol. The summed E-state index contributed by atoms with van der Waals surface area (Å²) in [6.07, 6.45) is 1.96. The maximum absolute atomic E-state index is 12.5. The first-order valence-electron chi connectivity index (χ1n) is 9.42. The van der Waals surface area contributed by atoms with Gasteiger partial charge in [-0.1, -0.05) is 26.0 Å². The van der Waals surface area contributed by atoms with Crippen molar-refractivity contribution < 1.29 is 19.0 Å². The van der Waals surface area contributed by atoms with Crippen LogP contribution in [0, 0.1) is 0 Å². The highest BCUT2D eigenvalue weighted by Crippen LogP contribution is 2.28. The van der Waals surface area contributed by atoms with Crippen molar-refractivity contribution in [1.29, 1.82) is 0 Å². The zero-order valence-corrected chi connectivity index (χ0v) is 16.6. The topological polar surface area (TPSA) is 56.8 Å². The molecule has 2 aromatic rings. The van der Waals surface area contributed by atoms with E-state index in [2.05, 4.69) is 19.2 Å². The van der Waals surface area contributed by atoms with Crippen molar-refractivity contribution in [2.75, 3.05) is 13.7 Å². The normalized spacial score (nSPS) is 11.6. The first-order chi connectivity index (χ1) is 13.1. The smallest absolute Gasteiger partial charge is 0.251 e. The van der Waals surface area contributed by atoms with Gasteiger partial charge in [0.05, 0.1) is 19.8 Å². The van der Waals surface area contributed by atoms with E-state index in [1.165, 1.54) is 0 Å². The van der Waals surface area contributed by atoms with Crippen molar-refractivity contribution >= 4 is 5.91 Å². The Kier molecular flexibility index (Phi) is 7.99. The van der Waals surface area contributed by atoms with Crippen molar-refractivity contribution in [3.05, 3.63) is 53.6 Å². The summed E-state index contributed by atoms with van der Waals surface area (Å²) in [5.74, 6) is 1.94. The minimum absolute atomic E-state index is 0.115. The first kappa shape index (κ1) is 20.6. The molecule has 1 atom stereocenters. The molecule has 1 unspecified atom stereocenters. The number of methoxy groups -OCH3 is 1. The number of hydrogen-bond donors (Lipinski definition) is 1. The van der Waals surface area contributed by atoms with Gasteiger partial charge in [-0.25, -0.2) is 0 Å². The number of hydrogen-bond acceptors (Lipinski definition) is 4. The zero-order valence-electron chi connectivity index (χ0n) is 16.6. The van der Waals surface area contributed by atoms with Crippen molar-refractivity contribution in [1.82, 2.24) is 5.32 Å². The van der Waals surface area contributed by atoms with Gasteiger partial charge in [0.2, 0.25) is 0 Å². The fraction of sp³-hybridized carbons (Fsp3) is 0.409. The highest BCUT2D eigenvalue weighted by molar-refractivity contribution is 5.94. The lowest BCUT2D eigenvalue weighted by Gasteiger charge is -2.14. The van der Waals surface area contributed by atoms with E-state index < -0.39 is 0 Å². The van der Waals surface area contributed by atoms with Crippen LogP contribution in [0.3, 0.4) is 0 Å². The van der Waals surface area contributed by atoms with Crippen LogP contribution in [0.25, 0.3) is 0 Å². The molecule has 5 nitrogen and oxygen atoms in total. The Morgan fingerprint density at radius 3 is 2.63 bits per heavy atom. The highest BCUT2D eigenvalue weighted by Gasteiger charge is 2.10. The van der Waals surface area contributed by atoms with E-state index in [9.17, 15) is 4.79 Å².